The predicted octanol–water partition coefficient (Wildman–Crippen LogP) is 2.35. The first-order valence-electron chi connectivity index (χ1n) is 2.84. The second-order valence-electron chi connectivity index (χ2n) is 1.96. The van der Waals surface area contributed by atoms with Crippen LogP contribution in [-0.4, -0.2) is 5.11 Å². The lowest BCUT2D eigenvalue weighted by Gasteiger charge is -1.95. The average molecular weight is 138 g/mol. The molecule has 1 N–H and O–H groups in total. The van der Waals surface area contributed by atoms with Crippen molar-refractivity contribution >= 4 is 5.76 Å². The Kier molecular flexibility index (Phi) is 1.71. The lowest BCUT2D eigenvalue weighted by Crippen LogP contribution is -1.81. The van der Waals surface area contributed by atoms with Gasteiger partial charge >= 0.3 is 0 Å². The van der Waals surface area contributed by atoms with Gasteiger partial charge in [-0.05, 0) is 12.1 Å². The van der Waals surface area contributed by atoms with E-state index in [1.807, 2.05) is 0 Å². The molecule has 0 radical (unpaired) electrons. The Morgan fingerprint density at radius 3 is 2.60 bits per heavy atom. The molecule has 0 aliphatic carbocycles. The molecule has 1 aromatic carbocycles. The topological polar surface area (TPSA) is 20.2 Å². The molecule has 1 rings (SSSR count). The largest absolute Gasteiger partial charge is 0.508 e. The fourth-order valence-corrected chi connectivity index (χ4v) is 0.668. The van der Waals surface area contributed by atoms with E-state index in [9.17, 15) is 4.39 Å². The highest BCUT2D eigenvalue weighted by atomic mass is 19.1. The van der Waals surface area contributed by atoms with E-state index >= 15 is 0 Å². The first-order valence-corrected chi connectivity index (χ1v) is 2.84. The van der Waals surface area contributed by atoms with Crippen LogP contribution in [0.3, 0.4) is 0 Å². The van der Waals surface area contributed by atoms with Crippen LogP contribution in [-0.2, 0) is 0 Å². The van der Waals surface area contributed by atoms with Crippen LogP contribution in [0, 0.1) is 5.82 Å². The molecule has 0 heterocycles. The quantitative estimate of drug-likeness (QED) is 0.590. The van der Waals surface area contributed by atoms with Gasteiger partial charge in [0.05, 0.1) is 0 Å². The van der Waals surface area contributed by atoms with E-state index < -0.39 is 0 Å². The van der Waals surface area contributed by atoms with Crippen LogP contribution in [0.5, 0.6) is 0 Å². The highest BCUT2D eigenvalue weighted by molar-refractivity contribution is 5.55. The Hall–Kier alpha value is -1.31. The summed E-state index contributed by atoms with van der Waals surface area (Å²) in [5.74, 6) is -0.479. The van der Waals surface area contributed by atoms with Crippen molar-refractivity contribution in [3.63, 3.8) is 0 Å². The Morgan fingerprint density at radius 1 is 1.50 bits per heavy atom. The summed E-state index contributed by atoms with van der Waals surface area (Å²) in [6.45, 7) is 3.26. The monoisotopic (exact) mass is 138 g/mol. The van der Waals surface area contributed by atoms with Crippen molar-refractivity contribution in [2.24, 2.45) is 0 Å². The summed E-state index contributed by atoms with van der Waals surface area (Å²) in [6.07, 6.45) is 0. The van der Waals surface area contributed by atoms with Gasteiger partial charge in [-0.3, -0.25) is 0 Å². The van der Waals surface area contributed by atoms with Crippen molar-refractivity contribution in [1.82, 2.24) is 0 Å². The Morgan fingerprint density at radius 2 is 2.20 bits per heavy atom. The number of aliphatic hydroxyl groups is 1. The Balaban J connectivity index is 3.07. The minimum Gasteiger partial charge on any atom is -0.508 e. The van der Waals surface area contributed by atoms with Gasteiger partial charge in [-0.15, -0.1) is 0 Å². The molecule has 0 bridgehead atoms. The van der Waals surface area contributed by atoms with Gasteiger partial charge in [-0.2, -0.15) is 0 Å². The smallest absolute Gasteiger partial charge is 0.123 e. The van der Waals surface area contributed by atoms with E-state index in [4.69, 9.17) is 5.11 Å². The van der Waals surface area contributed by atoms with Crippen molar-refractivity contribution in [2.45, 2.75) is 0 Å². The molecule has 0 atom stereocenters. The molecule has 0 spiro atoms. The van der Waals surface area contributed by atoms with Crippen molar-refractivity contribution in [1.29, 1.82) is 0 Å². The number of rotatable bonds is 1. The molecular weight excluding hydrogens is 131 g/mol. The molecule has 2 heteroatoms. The van der Waals surface area contributed by atoms with Gasteiger partial charge in [0.15, 0.2) is 0 Å². The first kappa shape index (κ1) is 6.81. The van der Waals surface area contributed by atoms with Gasteiger partial charge in [0.1, 0.15) is 11.6 Å². The van der Waals surface area contributed by atoms with Gasteiger partial charge in [0.2, 0.25) is 0 Å². The molecule has 0 saturated carbocycles. The van der Waals surface area contributed by atoms with Gasteiger partial charge in [-0.1, -0.05) is 18.7 Å². The number of aliphatic hydroxyl groups excluding tert-OH is 1. The third-order valence-electron chi connectivity index (χ3n) is 1.16. The van der Waals surface area contributed by atoms with Crippen LogP contribution in [0.25, 0.3) is 5.76 Å². The van der Waals surface area contributed by atoms with Crippen LogP contribution in [0.15, 0.2) is 30.8 Å². The summed E-state index contributed by atoms with van der Waals surface area (Å²) in [7, 11) is 0. The summed E-state index contributed by atoms with van der Waals surface area (Å²) < 4.78 is 12.4. The van der Waals surface area contributed by atoms with E-state index in [0.29, 0.717) is 5.56 Å². The summed E-state index contributed by atoms with van der Waals surface area (Å²) in [5.41, 5.74) is 0.417. The standard InChI is InChI=1S/C8H7FO/c1-6(10)7-3-2-4-8(9)5-7/h2-5,10H,1H2. The molecule has 0 fully saturated rings. The number of hydrogen-bond donors (Lipinski definition) is 1. The maximum Gasteiger partial charge on any atom is 0.123 e. The minimum absolute atomic E-state index is 0.112. The molecule has 0 unspecified atom stereocenters. The van der Waals surface area contributed by atoms with E-state index in [-0.39, 0.29) is 11.6 Å². The molecule has 0 saturated heterocycles. The van der Waals surface area contributed by atoms with E-state index in [1.54, 1.807) is 6.07 Å². The molecule has 10 heavy (non-hydrogen) atoms. The molecule has 0 aliphatic heterocycles. The molecule has 1 nitrogen and oxygen atoms in total. The van der Waals surface area contributed by atoms with Gasteiger partial charge in [-0.25, -0.2) is 4.39 Å². The maximum atomic E-state index is 12.4. The van der Waals surface area contributed by atoms with Crippen molar-refractivity contribution in [2.75, 3.05) is 0 Å². The van der Waals surface area contributed by atoms with Crippen LogP contribution >= 0.6 is 0 Å². The summed E-state index contributed by atoms with van der Waals surface area (Å²) >= 11 is 0. The highest BCUT2D eigenvalue weighted by Gasteiger charge is 1.95. The maximum absolute atomic E-state index is 12.4. The molecule has 0 aromatic heterocycles. The highest BCUT2D eigenvalue weighted by Crippen LogP contribution is 2.09. The van der Waals surface area contributed by atoms with Crippen LogP contribution in [0.4, 0.5) is 4.39 Å². The van der Waals surface area contributed by atoms with Crippen LogP contribution < -0.4 is 0 Å². The van der Waals surface area contributed by atoms with E-state index in [0.717, 1.165) is 0 Å². The summed E-state index contributed by atoms with van der Waals surface area (Å²) in [4.78, 5) is 0. The van der Waals surface area contributed by atoms with Gasteiger partial charge in [0, 0.05) is 5.56 Å². The van der Waals surface area contributed by atoms with Crippen LogP contribution in [0.2, 0.25) is 0 Å². The summed E-state index contributed by atoms with van der Waals surface area (Å²) in [5, 5.41) is 8.79. The fraction of sp³-hybridized carbons (Fsp3) is 0. The minimum atomic E-state index is -0.368. The van der Waals surface area contributed by atoms with Crippen molar-refractivity contribution < 1.29 is 9.50 Å². The zero-order valence-electron chi connectivity index (χ0n) is 5.34. The van der Waals surface area contributed by atoms with Crippen molar-refractivity contribution in [3.05, 3.63) is 42.2 Å². The second kappa shape index (κ2) is 2.52. The van der Waals surface area contributed by atoms with Crippen LogP contribution in [0.1, 0.15) is 5.56 Å². The van der Waals surface area contributed by atoms with Gasteiger partial charge in [0.25, 0.3) is 0 Å². The third kappa shape index (κ3) is 1.35. The fourth-order valence-electron chi connectivity index (χ4n) is 0.668. The molecule has 0 aliphatic rings. The average Bonchev–Trinajstić information content (AvgIpc) is 1.88. The third-order valence-corrected chi connectivity index (χ3v) is 1.16. The summed E-state index contributed by atoms with van der Waals surface area (Å²) in [6, 6.07) is 5.65. The number of hydrogen-bond acceptors (Lipinski definition) is 1. The molecule has 52 valence electrons. The molecular formula is C8H7FO. The zero-order chi connectivity index (χ0) is 7.56. The molecule has 1 aromatic rings. The lowest BCUT2D eigenvalue weighted by molar-refractivity contribution is 0.512. The zero-order valence-corrected chi connectivity index (χ0v) is 5.34. The van der Waals surface area contributed by atoms with Crippen molar-refractivity contribution in [3.8, 4) is 0 Å². The lowest BCUT2D eigenvalue weighted by atomic mass is 10.2. The molecule has 0 amide bonds. The number of benzene rings is 1. The Bertz CT molecular complexity index is 255. The normalized spacial score (nSPS) is 9.30. The van der Waals surface area contributed by atoms with E-state index in [1.165, 1.54) is 18.2 Å². The second-order valence-corrected chi connectivity index (χ2v) is 1.96. The number of halogens is 1. The van der Waals surface area contributed by atoms with E-state index in [2.05, 4.69) is 6.58 Å². The Labute approximate surface area is 58.4 Å². The van der Waals surface area contributed by atoms with Gasteiger partial charge < -0.3 is 5.11 Å². The SMILES string of the molecule is C=C(O)c1cccc(F)c1. The predicted molar refractivity (Wildman–Crippen MR) is 38.1 cm³/mol. The first-order chi connectivity index (χ1) is 4.70.